The maximum absolute atomic E-state index is 12.4. The van der Waals surface area contributed by atoms with Crippen LogP contribution in [-0.2, 0) is 20.8 Å². The molecule has 0 unspecified atom stereocenters. The molecule has 1 aromatic rings. The van der Waals surface area contributed by atoms with E-state index in [1.165, 1.54) is 4.90 Å². The zero-order valence-electron chi connectivity index (χ0n) is 12.5. The van der Waals surface area contributed by atoms with Gasteiger partial charge in [-0.2, -0.15) is 0 Å². The first-order valence-electron chi connectivity index (χ1n) is 6.85. The van der Waals surface area contributed by atoms with E-state index in [1.54, 1.807) is 38.3 Å². The highest BCUT2D eigenvalue weighted by atomic mass is 16.5. The minimum absolute atomic E-state index is 0.0886. The first-order chi connectivity index (χ1) is 10.1. The van der Waals surface area contributed by atoms with Gasteiger partial charge < -0.3 is 20.1 Å². The second kappa shape index (κ2) is 9.10. The average Bonchev–Trinajstić information content (AvgIpc) is 2.51. The van der Waals surface area contributed by atoms with Crippen LogP contribution in [0.15, 0.2) is 24.3 Å². The van der Waals surface area contributed by atoms with Crippen LogP contribution in [-0.4, -0.2) is 50.2 Å². The molecule has 6 nitrogen and oxygen atoms in total. The van der Waals surface area contributed by atoms with E-state index in [0.29, 0.717) is 25.3 Å². The van der Waals surface area contributed by atoms with Crippen molar-refractivity contribution in [1.29, 1.82) is 0 Å². The van der Waals surface area contributed by atoms with Crippen LogP contribution < -0.4 is 5.73 Å². The quantitative estimate of drug-likeness (QED) is 0.717. The van der Waals surface area contributed by atoms with Gasteiger partial charge in [-0.1, -0.05) is 12.1 Å². The van der Waals surface area contributed by atoms with Crippen molar-refractivity contribution in [1.82, 2.24) is 4.90 Å². The molecule has 0 spiro atoms. The van der Waals surface area contributed by atoms with Gasteiger partial charge in [0.1, 0.15) is 6.54 Å². The van der Waals surface area contributed by atoms with Gasteiger partial charge in [-0.3, -0.25) is 9.59 Å². The van der Waals surface area contributed by atoms with Crippen molar-refractivity contribution in [3.05, 3.63) is 35.4 Å². The molecule has 0 radical (unpaired) electrons. The zero-order chi connectivity index (χ0) is 15.7. The molecule has 116 valence electrons. The summed E-state index contributed by atoms with van der Waals surface area (Å²) in [6, 6.07) is 7.00. The van der Waals surface area contributed by atoms with Gasteiger partial charge in [0.2, 0.25) is 0 Å². The SMILES string of the molecule is CCOC(=O)CN(CCOC)C(=O)c1ccc(CN)cc1. The highest BCUT2D eigenvalue weighted by molar-refractivity contribution is 5.96. The third-order valence-corrected chi connectivity index (χ3v) is 2.91. The summed E-state index contributed by atoms with van der Waals surface area (Å²) in [4.78, 5) is 25.4. The van der Waals surface area contributed by atoms with Crippen molar-refractivity contribution < 1.29 is 19.1 Å². The Kier molecular flexibility index (Phi) is 7.42. The summed E-state index contributed by atoms with van der Waals surface area (Å²) < 4.78 is 9.86. The summed E-state index contributed by atoms with van der Waals surface area (Å²) in [5.74, 6) is -0.663. The van der Waals surface area contributed by atoms with Crippen molar-refractivity contribution in [3.8, 4) is 0 Å². The third-order valence-electron chi connectivity index (χ3n) is 2.91. The fourth-order valence-electron chi connectivity index (χ4n) is 1.78. The number of hydrogen-bond acceptors (Lipinski definition) is 5. The Morgan fingerprint density at radius 2 is 1.90 bits per heavy atom. The minimum Gasteiger partial charge on any atom is -0.465 e. The summed E-state index contributed by atoms with van der Waals surface area (Å²) >= 11 is 0. The largest absolute Gasteiger partial charge is 0.465 e. The number of amides is 1. The second-order valence-electron chi connectivity index (χ2n) is 4.43. The number of rotatable bonds is 8. The number of benzene rings is 1. The van der Waals surface area contributed by atoms with Gasteiger partial charge in [-0.15, -0.1) is 0 Å². The van der Waals surface area contributed by atoms with Crippen LogP contribution in [0.1, 0.15) is 22.8 Å². The fourth-order valence-corrected chi connectivity index (χ4v) is 1.78. The number of carbonyl (C=O) groups excluding carboxylic acids is 2. The number of methoxy groups -OCH3 is 1. The van der Waals surface area contributed by atoms with Crippen LogP contribution in [0.2, 0.25) is 0 Å². The van der Waals surface area contributed by atoms with E-state index in [9.17, 15) is 9.59 Å². The van der Waals surface area contributed by atoms with E-state index in [2.05, 4.69) is 0 Å². The van der Waals surface area contributed by atoms with Crippen molar-refractivity contribution >= 4 is 11.9 Å². The molecule has 0 aliphatic rings. The van der Waals surface area contributed by atoms with E-state index in [-0.39, 0.29) is 19.1 Å². The number of hydrogen-bond donors (Lipinski definition) is 1. The molecule has 0 atom stereocenters. The zero-order valence-corrected chi connectivity index (χ0v) is 12.5. The van der Waals surface area contributed by atoms with Gasteiger partial charge in [0, 0.05) is 25.8 Å². The van der Waals surface area contributed by atoms with Crippen molar-refractivity contribution in [2.75, 3.05) is 33.4 Å². The fraction of sp³-hybridized carbons (Fsp3) is 0.467. The molecule has 21 heavy (non-hydrogen) atoms. The molecule has 6 heteroatoms. The lowest BCUT2D eigenvalue weighted by Gasteiger charge is -2.21. The predicted octanol–water partition coefficient (Wildman–Crippen LogP) is 0.797. The molecule has 0 aromatic heterocycles. The highest BCUT2D eigenvalue weighted by Crippen LogP contribution is 2.08. The molecule has 0 saturated carbocycles. The molecule has 1 amide bonds. The standard InChI is InChI=1S/C15H22N2O4/c1-3-21-14(18)11-17(8-9-20-2)15(19)13-6-4-12(10-16)5-7-13/h4-7H,3,8-11,16H2,1-2H3. The third kappa shape index (κ3) is 5.53. The molecular formula is C15H22N2O4. The van der Waals surface area contributed by atoms with Gasteiger partial charge >= 0.3 is 5.97 Å². The van der Waals surface area contributed by atoms with Crippen molar-refractivity contribution in [3.63, 3.8) is 0 Å². The monoisotopic (exact) mass is 294 g/mol. The summed E-state index contributed by atoms with van der Waals surface area (Å²) in [5.41, 5.74) is 6.98. The Morgan fingerprint density at radius 3 is 2.43 bits per heavy atom. The summed E-state index contributed by atoms with van der Waals surface area (Å²) in [7, 11) is 1.54. The average molecular weight is 294 g/mol. The minimum atomic E-state index is -0.430. The summed E-state index contributed by atoms with van der Waals surface area (Å²) in [6.45, 7) is 3.03. The van der Waals surface area contributed by atoms with Gasteiger partial charge in [-0.05, 0) is 24.6 Å². The summed E-state index contributed by atoms with van der Waals surface area (Å²) in [5, 5.41) is 0. The molecule has 0 bridgehead atoms. The number of nitrogens with zero attached hydrogens (tertiary/aromatic N) is 1. The molecule has 0 aliphatic heterocycles. The van der Waals surface area contributed by atoms with Crippen LogP contribution in [0, 0.1) is 0 Å². The van der Waals surface area contributed by atoms with Gasteiger partial charge in [0.25, 0.3) is 5.91 Å². The summed E-state index contributed by atoms with van der Waals surface area (Å²) in [6.07, 6.45) is 0. The van der Waals surface area contributed by atoms with Crippen LogP contribution in [0.3, 0.4) is 0 Å². The lowest BCUT2D eigenvalue weighted by molar-refractivity contribution is -0.143. The van der Waals surface area contributed by atoms with E-state index >= 15 is 0 Å². The van der Waals surface area contributed by atoms with Gasteiger partial charge in [-0.25, -0.2) is 0 Å². The molecule has 1 aromatic carbocycles. The predicted molar refractivity (Wildman–Crippen MR) is 78.7 cm³/mol. The topological polar surface area (TPSA) is 81.9 Å². The molecule has 2 N–H and O–H groups in total. The van der Waals surface area contributed by atoms with E-state index in [1.807, 2.05) is 0 Å². The molecule has 1 rings (SSSR count). The number of carbonyl (C=O) groups is 2. The molecule has 0 fully saturated rings. The Morgan fingerprint density at radius 1 is 1.24 bits per heavy atom. The van der Waals surface area contributed by atoms with Crippen LogP contribution >= 0.6 is 0 Å². The Hall–Kier alpha value is -1.92. The van der Waals surface area contributed by atoms with Crippen LogP contribution in [0.5, 0.6) is 0 Å². The molecule has 0 aliphatic carbocycles. The lowest BCUT2D eigenvalue weighted by Crippen LogP contribution is -2.38. The van der Waals surface area contributed by atoms with Gasteiger partial charge in [0.15, 0.2) is 0 Å². The number of ether oxygens (including phenoxy) is 2. The maximum Gasteiger partial charge on any atom is 0.325 e. The molecular weight excluding hydrogens is 272 g/mol. The Labute approximate surface area is 124 Å². The van der Waals surface area contributed by atoms with Crippen molar-refractivity contribution in [2.24, 2.45) is 5.73 Å². The lowest BCUT2D eigenvalue weighted by atomic mass is 10.1. The Balaban J connectivity index is 2.79. The first-order valence-corrected chi connectivity index (χ1v) is 6.85. The van der Waals surface area contributed by atoms with E-state index in [0.717, 1.165) is 5.56 Å². The van der Waals surface area contributed by atoms with Crippen LogP contribution in [0.25, 0.3) is 0 Å². The molecule has 0 heterocycles. The van der Waals surface area contributed by atoms with Gasteiger partial charge in [0.05, 0.1) is 13.2 Å². The van der Waals surface area contributed by atoms with E-state index < -0.39 is 5.97 Å². The number of nitrogens with two attached hydrogens (primary N) is 1. The first kappa shape index (κ1) is 17.1. The number of esters is 1. The Bertz CT molecular complexity index is 459. The van der Waals surface area contributed by atoms with Crippen molar-refractivity contribution in [2.45, 2.75) is 13.5 Å². The normalized spacial score (nSPS) is 10.2. The molecule has 0 saturated heterocycles. The van der Waals surface area contributed by atoms with E-state index in [4.69, 9.17) is 15.2 Å². The second-order valence-corrected chi connectivity index (χ2v) is 4.43. The van der Waals surface area contributed by atoms with Crippen LogP contribution in [0.4, 0.5) is 0 Å². The maximum atomic E-state index is 12.4. The highest BCUT2D eigenvalue weighted by Gasteiger charge is 2.19. The smallest absolute Gasteiger partial charge is 0.325 e.